The minimum absolute atomic E-state index is 0.267. The van der Waals surface area contributed by atoms with Gasteiger partial charge >= 0.3 is 0 Å². The standard InChI is InChI=1S/C17H16N4O2/c1-23-15-9-5-8-14(10-15)18-17(22)16-12-21(20-19-16)11-13-6-3-2-4-7-13/h2-10,12H,11H2,1H3,(H,18,22). The monoisotopic (exact) mass is 308 g/mol. The van der Waals surface area contributed by atoms with Crippen molar-refractivity contribution >= 4 is 11.6 Å². The topological polar surface area (TPSA) is 69.0 Å². The average molecular weight is 308 g/mol. The van der Waals surface area contributed by atoms with Crippen LogP contribution in [0.1, 0.15) is 16.1 Å². The van der Waals surface area contributed by atoms with Gasteiger partial charge in [-0.1, -0.05) is 41.6 Å². The van der Waals surface area contributed by atoms with E-state index in [-0.39, 0.29) is 11.6 Å². The van der Waals surface area contributed by atoms with Crippen molar-refractivity contribution in [3.05, 3.63) is 72.1 Å². The van der Waals surface area contributed by atoms with Gasteiger partial charge in [-0.15, -0.1) is 5.10 Å². The van der Waals surface area contributed by atoms with E-state index in [4.69, 9.17) is 4.74 Å². The number of hydrogen-bond acceptors (Lipinski definition) is 4. The molecular weight excluding hydrogens is 292 g/mol. The molecule has 3 rings (SSSR count). The smallest absolute Gasteiger partial charge is 0.277 e. The van der Waals surface area contributed by atoms with Crippen molar-refractivity contribution in [1.82, 2.24) is 15.0 Å². The normalized spacial score (nSPS) is 10.3. The largest absolute Gasteiger partial charge is 0.497 e. The van der Waals surface area contributed by atoms with E-state index >= 15 is 0 Å². The van der Waals surface area contributed by atoms with Gasteiger partial charge in [-0.25, -0.2) is 4.68 Å². The number of ether oxygens (including phenoxy) is 1. The predicted octanol–water partition coefficient (Wildman–Crippen LogP) is 2.59. The van der Waals surface area contributed by atoms with Crippen LogP contribution in [0.5, 0.6) is 5.75 Å². The number of nitrogens with one attached hydrogen (secondary N) is 1. The van der Waals surface area contributed by atoms with Crippen LogP contribution < -0.4 is 10.1 Å². The van der Waals surface area contributed by atoms with Crippen LogP contribution in [0, 0.1) is 0 Å². The number of carbonyl (C=O) groups is 1. The number of nitrogens with zero attached hydrogens (tertiary/aromatic N) is 3. The number of carbonyl (C=O) groups excluding carboxylic acids is 1. The van der Waals surface area contributed by atoms with Gasteiger partial charge in [0.15, 0.2) is 5.69 Å². The lowest BCUT2D eigenvalue weighted by Gasteiger charge is -2.05. The van der Waals surface area contributed by atoms with Crippen molar-refractivity contribution in [1.29, 1.82) is 0 Å². The molecule has 0 bridgehead atoms. The van der Waals surface area contributed by atoms with Crippen molar-refractivity contribution in [2.75, 3.05) is 12.4 Å². The lowest BCUT2D eigenvalue weighted by atomic mass is 10.2. The van der Waals surface area contributed by atoms with E-state index < -0.39 is 0 Å². The lowest BCUT2D eigenvalue weighted by Crippen LogP contribution is -2.12. The van der Waals surface area contributed by atoms with Crippen LogP contribution in [0.15, 0.2) is 60.8 Å². The number of anilines is 1. The van der Waals surface area contributed by atoms with Gasteiger partial charge in [0.2, 0.25) is 0 Å². The summed E-state index contributed by atoms with van der Waals surface area (Å²) in [5, 5.41) is 10.7. The van der Waals surface area contributed by atoms with Crippen LogP contribution in [0.3, 0.4) is 0 Å². The first-order chi connectivity index (χ1) is 11.2. The molecule has 1 heterocycles. The van der Waals surface area contributed by atoms with Crippen molar-refractivity contribution in [3.8, 4) is 5.75 Å². The van der Waals surface area contributed by atoms with Crippen LogP contribution in [0.2, 0.25) is 0 Å². The molecule has 0 aliphatic carbocycles. The van der Waals surface area contributed by atoms with Gasteiger partial charge in [-0.2, -0.15) is 0 Å². The Labute approximate surface area is 133 Å². The second-order valence-electron chi connectivity index (χ2n) is 4.97. The Morgan fingerprint density at radius 1 is 1.17 bits per heavy atom. The summed E-state index contributed by atoms with van der Waals surface area (Å²) in [6, 6.07) is 17.0. The summed E-state index contributed by atoms with van der Waals surface area (Å²) >= 11 is 0. The Hall–Kier alpha value is -3.15. The van der Waals surface area contributed by atoms with Crippen LogP contribution in [0.4, 0.5) is 5.69 Å². The van der Waals surface area contributed by atoms with Gasteiger partial charge in [-0.05, 0) is 17.7 Å². The van der Waals surface area contributed by atoms with E-state index in [9.17, 15) is 4.79 Å². The fourth-order valence-corrected chi connectivity index (χ4v) is 2.15. The maximum absolute atomic E-state index is 12.2. The van der Waals surface area contributed by atoms with E-state index in [0.29, 0.717) is 18.0 Å². The van der Waals surface area contributed by atoms with Gasteiger partial charge in [0.25, 0.3) is 5.91 Å². The third-order valence-electron chi connectivity index (χ3n) is 3.29. The molecular formula is C17H16N4O2. The molecule has 3 aromatic rings. The second-order valence-corrected chi connectivity index (χ2v) is 4.97. The van der Waals surface area contributed by atoms with Crippen molar-refractivity contribution < 1.29 is 9.53 Å². The van der Waals surface area contributed by atoms with Gasteiger partial charge in [0, 0.05) is 11.8 Å². The quantitative estimate of drug-likeness (QED) is 0.786. The highest BCUT2D eigenvalue weighted by Crippen LogP contribution is 2.17. The SMILES string of the molecule is COc1cccc(NC(=O)c2cn(Cc3ccccc3)nn2)c1. The minimum atomic E-state index is -0.308. The number of hydrogen-bond donors (Lipinski definition) is 1. The first kappa shape index (κ1) is 14.8. The van der Waals surface area contributed by atoms with Gasteiger partial charge in [-0.3, -0.25) is 4.79 Å². The van der Waals surface area contributed by atoms with Crippen molar-refractivity contribution in [2.24, 2.45) is 0 Å². The molecule has 2 aromatic carbocycles. The molecule has 0 fully saturated rings. The molecule has 0 aliphatic heterocycles. The molecule has 0 atom stereocenters. The molecule has 6 heteroatoms. The molecule has 1 amide bonds. The van der Waals surface area contributed by atoms with E-state index in [1.165, 1.54) is 0 Å². The number of methoxy groups -OCH3 is 1. The molecule has 1 N–H and O–H groups in total. The molecule has 1 aromatic heterocycles. The number of aromatic nitrogens is 3. The fourth-order valence-electron chi connectivity index (χ4n) is 2.15. The second kappa shape index (κ2) is 6.74. The Bertz CT molecular complexity index is 799. The lowest BCUT2D eigenvalue weighted by molar-refractivity contribution is 0.102. The summed E-state index contributed by atoms with van der Waals surface area (Å²) in [4.78, 5) is 12.2. The first-order valence-corrected chi connectivity index (χ1v) is 7.14. The van der Waals surface area contributed by atoms with Crippen LogP contribution in [-0.4, -0.2) is 28.0 Å². The molecule has 116 valence electrons. The number of amides is 1. The highest BCUT2D eigenvalue weighted by Gasteiger charge is 2.11. The van der Waals surface area contributed by atoms with Crippen molar-refractivity contribution in [2.45, 2.75) is 6.54 Å². The highest BCUT2D eigenvalue weighted by atomic mass is 16.5. The Balaban J connectivity index is 1.68. The Morgan fingerprint density at radius 3 is 2.78 bits per heavy atom. The molecule has 0 unspecified atom stereocenters. The van der Waals surface area contributed by atoms with Gasteiger partial charge < -0.3 is 10.1 Å². The first-order valence-electron chi connectivity index (χ1n) is 7.14. The Kier molecular flexibility index (Phi) is 4.33. The van der Waals surface area contributed by atoms with Crippen LogP contribution >= 0.6 is 0 Å². The summed E-state index contributed by atoms with van der Waals surface area (Å²) in [5.74, 6) is 0.369. The van der Waals surface area contributed by atoms with E-state index in [2.05, 4.69) is 15.6 Å². The summed E-state index contributed by atoms with van der Waals surface area (Å²) in [6.07, 6.45) is 1.63. The van der Waals surface area contributed by atoms with Crippen LogP contribution in [-0.2, 0) is 6.54 Å². The zero-order chi connectivity index (χ0) is 16.1. The zero-order valence-corrected chi connectivity index (χ0v) is 12.6. The average Bonchev–Trinajstić information content (AvgIpc) is 3.04. The molecule has 0 saturated carbocycles. The maximum atomic E-state index is 12.2. The summed E-state index contributed by atoms with van der Waals surface area (Å²) in [6.45, 7) is 0.570. The summed E-state index contributed by atoms with van der Waals surface area (Å²) < 4.78 is 6.76. The summed E-state index contributed by atoms with van der Waals surface area (Å²) in [5.41, 5.74) is 2.01. The molecule has 0 radical (unpaired) electrons. The third kappa shape index (κ3) is 3.74. The van der Waals surface area contributed by atoms with E-state index in [0.717, 1.165) is 5.56 Å². The van der Waals surface area contributed by atoms with E-state index in [1.54, 1.807) is 36.2 Å². The number of benzene rings is 2. The maximum Gasteiger partial charge on any atom is 0.277 e. The molecule has 0 saturated heterocycles. The Morgan fingerprint density at radius 2 is 2.00 bits per heavy atom. The number of rotatable bonds is 5. The van der Waals surface area contributed by atoms with E-state index in [1.807, 2.05) is 36.4 Å². The van der Waals surface area contributed by atoms with Crippen LogP contribution in [0.25, 0.3) is 0 Å². The molecule has 6 nitrogen and oxygen atoms in total. The molecule has 0 spiro atoms. The molecule has 0 aliphatic rings. The highest BCUT2D eigenvalue weighted by molar-refractivity contribution is 6.02. The fraction of sp³-hybridized carbons (Fsp3) is 0.118. The van der Waals surface area contributed by atoms with Crippen molar-refractivity contribution in [3.63, 3.8) is 0 Å². The predicted molar refractivity (Wildman–Crippen MR) is 86.5 cm³/mol. The zero-order valence-electron chi connectivity index (χ0n) is 12.6. The van der Waals surface area contributed by atoms with Gasteiger partial charge in [0.05, 0.1) is 19.9 Å². The summed E-state index contributed by atoms with van der Waals surface area (Å²) in [7, 11) is 1.58. The molecule has 23 heavy (non-hydrogen) atoms. The third-order valence-corrected chi connectivity index (χ3v) is 3.29. The minimum Gasteiger partial charge on any atom is -0.497 e. The van der Waals surface area contributed by atoms with Gasteiger partial charge in [0.1, 0.15) is 5.75 Å².